The molecular formula is C16H26N2O. The summed E-state index contributed by atoms with van der Waals surface area (Å²) in [5, 5.41) is 2.92. The summed E-state index contributed by atoms with van der Waals surface area (Å²) in [6.07, 6.45) is 1.43. The first kappa shape index (κ1) is 15.7. The number of nitrogens with two attached hydrogens (primary N) is 1. The molecule has 0 aliphatic rings. The van der Waals surface area contributed by atoms with Gasteiger partial charge < -0.3 is 11.1 Å². The van der Waals surface area contributed by atoms with Gasteiger partial charge in [0.25, 0.3) is 0 Å². The molecule has 1 aromatic rings. The standard InChI is InChI=1S/C16H26N2O/c1-5-6-18-15(19)9-14(10-17)16-12(3)7-11(2)8-13(16)4/h7-8,14H,5-6,9-10,17H2,1-4H3,(H,18,19). The average molecular weight is 262 g/mol. The van der Waals surface area contributed by atoms with Crippen molar-refractivity contribution in [1.29, 1.82) is 0 Å². The number of carbonyl (C=O) groups is 1. The van der Waals surface area contributed by atoms with Crippen LogP contribution in [0.25, 0.3) is 0 Å². The van der Waals surface area contributed by atoms with E-state index < -0.39 is 0 Å². The fourth-order valence-corrected chi connectivity index (χ4v) is 2.70. The maximum absolute atomic E-state index is 11.9. The Balaban J connectivity index is 2.88. The van der Waals surface area contributed by atoms with Crippen LogP contribution < -0.4 is 11.1 Å². The van der Waals surface area contributed by atoms with Crippen molar-refractivity contribution in [1.82, 2.24) is 5.32 Å². The molecule has 3 N–H and O–H groups in total. The third kappa shape index (κ3) is 4.35. The fraction of sp³-hybridized carbons (Fsp3) is 0.562. The second-order valence-electron chi connectivity index (χ2n) is 5.30. The number of hydrogen-bond acceptors (Lipinski definition) is 2. The van der Waals surface area contributed by atoms with Crippen LogP contribution in [0.4, 0.5) is 0 Å². The van der Waals surface area contributed by atoms with E-state index in [0.29, 0.717) is 13.0 Å². The van der Waals surface area contributed by atoms with E-state index >= 15 is 0 Å². The lowest BCUT2D eigenvalue weighted by Gasteiger charge is -2.20. The highest BCUT2D eigenvalue weighted by Crippen LogP contribution is 2.27. The normalized spacial score (nSPS) is 12.3. The molecule has 3 heteroatoms. The Morgan fingerprint density at radius 2 is 1.84 bits per heavy atom. The van der Waals surface area contributed by atoms with Gasteiger partial charge in [0.15, 0.2) is 0 Å². The lowest BCUT2D eigenvalue weighted by Crippen LogP contribution is -2.28. The third-order valence-corrected chi connectivity index (χ3v) is 3.43. The van der Waals surface area contributed by atoms with Gasteiger partial charge in [0, 0.05) is 18.9 Å². The summed E-state index contributed by atoms with van der Waals surface area (Å²) >= 11 is 0. The second-order valence-corrected chi connectivity index (χ2v) is 5.30. The molecule has 19 heavy (non-hydrogen) atoms. The number of benzene rings is 1. The summed E-state index contributed by atoms with van der Waals surface area (Å²) in [6, 6.07) is 4.32. The molecule has 1 rings (SSSR count). The molecule has 0 saturated carbocycles. The monoisotopic (exact) mass is 262 g/mol. The Hall–Kier alpha value is -1.35. The zero-order valence-electron chi connectivity index (χ0n) is 12.5. The van der Waals surface area contributed by atoms with E-state index in [1.807, 2.05) is 0 Å². The van der Waals surface area contributed by atoms with Crippen LogP contribution in [-0.2, 0) is 4.79 Å². The van der Waals surface area contributed by atoms with Crippen LogP contribution in [0, 0.1) is 20.8 Å². The molecule has 0 radical (unpaired) electrons. The van der Waals surface area contributed by atoms with Gasteiger partial charge in [-0.3, -0.25) is 4.79 Å². The Bertz CT molecular complexity index is 417. The summed E-state index contributed by atoms with van der Waals surface area (Å²) in [5.41, 5.74) is 10.8. The predicted molar refractivity (Wildman–Crippen MR) is 80.4 cm³/mol. The van der Waals surface area contributed by atoms with E-state index in [2.05, 4.69) is 45.1 Å². The predicted octanol–water partition coefficient (Wildman–Crippen LogP) is 2.57. The minimum absolute atomic E-state index is 0.0941. The molecular weight excluding hydrogens is 236 g/mol. The van der Waals surface area contributed by atoms with Crippen molar-refractivity contribution in [3.05, 3.63) is 34.4 Å². The van der Waals surface area contributed by atoms with Gasteiger partial charge in [-0.15, -0.1) is 0 Å². The minimum Gasteiger partial charge on any atom is -0.356 e. The van der Waals surface area contributed by atoms with Crippen molar-refractivity contribution in [2.24, 2.45) is 5.73 Å². The van der Waals surface area contributed by atoms with Gasteiger partial charge in [0.2, 0.25) is 5.91 Å². The van der Waals surface area contributed by atoms with Crippen molar-refractivity contribution in [3.63, 3.8) is 0 Å². The molecule has 0 spiro atoms. The molecule has 0 aromatic heterocycles. The zero-order valence-corrected chi connectivity index (χ0v) is 12.5. The summed E-state index contributed by atoms with van der Waals surface area (Å²) in [7, 11) is 0. The topological polar surface area (TPSA) is 55.1 Å². The molecule has 0 aliphatic heterocycles. The smallest absolute Gasteiger partial charge is 0.220 e. The number of hydrogen-bond donors (Lipinski definition) is 2. The minimum atomic E-state index is 0.0941. The van der Waals surface area contributed by atoms with Gasteiger partial charge in [-0.1, -0.05) is 24.6 Å². The van der Waals surface area contributed by atoms with Crippen LogP contribution in [0.15, 0.2) is 12.1 Å². The highest BCUT2D eigenvalue weighted by atomic mass is 16.1. The zero-order chi connectivity index (χ0) is 14.4. The lowest BCUT2D eigenvalue weighted by atomic mass is 9.87. The summed E-state index contributed by atoms with van der Waals surface area (Å²) in [5.74, 6) is 0.203. The van der Waals surface area contributed by atoms with Crippen LogP contribution in [-0.4, -0.2) is 19.0 Å². The summed E-state index contributed by atoms with van der Waals surface area (Å²) in [4.78, 5) is 11.9. The maximum Gasteiger partial charge on any atom is 0.220 e. The average Bonchev–Trinajstić information content (AvgIpc) is 2.33. The van der Waals surface area contributed by atoms with Gasteiger partial charge >= 0.3 is 0 Å². The maximum atomic E-state index is 11.9. The number of rotatable bonds is 6. The van der Waals surface area contributed by atoms with Crippen molar-refractivity contribution in [2.45, 2.75) is 46.5 Å². The summed E-state index contributed by atoms with van der Waals surface area (Å²) < 4.78 is 0. The van der Waals surface area contributed by atoms with Gasteiger partial charge in [0.05, 0.1) is 0 Å². The molecule has 0 fully saturated rings. The Kier molecular flexibility index (Phi) is 6.03. The van der Waals surface area contributed by atoms with Gasteiger partial charge in [-0.05, 0) is 50.4 Å². The molecule has 106 valence electrons. The number of nitrogens with one attached hydrogen (secondary N) is 1. The van der Waals surface area contributed by atoms with Crippen LogP contribution in [0.1, 0.15) is 47.9 Å². The first-order valence-corrected chi connectivity index (χ1v) is 7.04. The molecule has 1 unspecified atom stereocenters. The molecule has 1 amide bonds. The van der Waals surface area contributed by atoms with Gasteiger partial charge in [-0.25, -0.2) is 0 Å². The third-order valence-electron chi connectivity index (χ3n) is 3.43. The number of aryl methyl sites for hydroxylation is 3. The van der Waals surface area contributed by atoms with Crippen molar-refractivity contribution in [2.75, 3.05) is 13.1 Å². The van der Waals surface area contributed by atoms with Crippen LogP contribution in [0.3, 0.4) is 0 Å². The quantitative estimate of drug-likeness (QED) is 0.828. The van der Waals surface area contributed by atoms with Gasteiger partial charge in [-0.2, -0.15) is 0 Å². The van der Waals surface area contributed by atoms with E-state index in [4.69, 9.17) is 5.73 Å². The first-order valence-electron chi connectivity index (χ1n) is 7.04. The Morgan fingerprint density at radius 3 is 2.32 bits per heavy atom. The lowest BCUT2D eigenvalue weighted by molar-refractivity contribution is -0.121. The first-order chi connectivity index (χ1) is 8.99. The van der Waals surface area contributed by atoms with E-state index in [0.717, 1.165) is 13.0 Å². The van der Waals surface area contributed by atoms with Crippen molar-refractivity contribution >= 4 is 5.91 Å². The van der Waals surface area contributed by atoms with E-state index in [9.17, 15) is 4.79 Å². The largest absolute Gasteiger partial charge is 0.356 e. The molecule has 1 aromatic carbocycles. The number of amides is 1. The Morgan fingerprint density at radius 1 is 1.26 bits per heavy atom. The Labute approximate surface area is 116 Å². The molecule has 0 aliphatic carbocycles. The van der Waals surface area contributed by atoms with Crippen LogP contribution >= 0.6 is 0 Å². The van der Waals surface area contributed by atoms with Gasteiger partial charge in [0.1, 0.15) is 0 Å². The molecule has 3 nitrogen and oxygen atoms in total. The SMILES string of the molecule is CCCNC(=O)CC(CN)c1c(C)cc(C)cc1C. The van der Waals surface area contributed by atoms with E-state index in [-0.39, 0.29) is 11.8 Å². The molecule has 0 bridgehead atoms. The summed E-state index contributed by atoms with van der Waals surface area (Å²) in [6.45, 7) is 9.58. The fourth-order valence-electron chi connectivity index (χ4n) is 2.70. The highest BCUT2D eigenvalue weighted by molar-refractivity contribution is 5.77. The molecule has 1 atom stereocenters. The highest BCUT2D eigenvalue weighted by Gasteiger charge is 2.18. The van der Waals surface area contributed by atoms with Crippen LogP contribution in [0.5, 0.6) is 0 Å². The van der Waals surface area contributed by atoms with E-state index in [1.165, 1.54) is 22.3 Å². The van der Waals surface area contributed by atoms with Crippen molar-refractivity contribution in [3.8, 4) is 0 Å². The molecule has 0 saturated heterocycles. The number of carbonyl (C=O) groups excluding carboxylic acids is 1. The van der Waals surface area contributed by atoms with Crippen LogP contribution in [0.2, 0.25) is 0 Å². The van der Waals surface area contributed by atoms with E-state index in [1.54, 1.807) is 0 Å². The molecule has 0 heterocycles. The van der Waals surface area contributed by atoms with Crippen molar-refractivity contribution < 1.29 is 4.79 Å². The second kappa shape index (κ2) is 7.29.